The van der Waals surface area contributed by atoms with E-state index < -0.39 is 0 Å². The van der Waals surface area contributed by atoms with Crippen LogP contribution in [0.2, 0.25) is 0 Å². The normalized spacial score (nSPS) is 16.1. The van der Waals surface area contributed by atoms with E-state index >= 15 is 0 Å². The zero-order valence-electron chi connectivity index (χ0n) is 16.2. The lowest BCUT2D eigenvalue weighted by molar-refractivity contribution is -0.117. The summed E-state index contributed by atoms with van der Waals surface area (Å²) in [5.74, 6) is -0.0964. The SMILES string of the molecule is Cc1cc(C)cc(-n2ncc3c2CCCC3NC(=O)/C=C/c2cccnc2)c1. The highest BCUT2D eigenvalue weighted by molar-refractivity contribution is 5.92. The van der Waals surface area contributed by atoms with E-state index in [1.165, 1.54) is 16.8 Å². The first-order chi connectivity index (χ1) is 13.6. The van der Waals surface area contributed by atoms with Gasteiger partial charge in [-0.2, -0.15) is 5.10 Å². The predicted molar refractivity (Wildman–Crippen MR) is 110 cm³/mol. The van der Waals surface area contributed by atoms with Crippen LogP contribution in [0, 0.1) is 13.8 Å². The zero-order valence-corrected chi connectivity index (χ0v) is 16.2. The number of carbonyl (C=O) groups is 1. The van der Waals surface area contributed by atoms with Crippen molar-refractivity contribution in [1.82, 2.24) is 20.1 Å². The third-order valence-corrected chi connectivity index (χ3v) is 5.06. The van der Waals surface area contributed by atoms with E-state index in [1.807, 2.05) is 23.0 Å². The molecule has 1 N–H and O–H groups in total. The highest BCUT2D eigenvalue weighted by Gasteiger charge is 2.25. The number of rotatable bonds is 4. The van der Waals surface area contributed by atoms with Crippen LogP contribution in [0.4, 0.5) is 0 Å². The molecule has 0 spiro atoms. The molecule has 5 heteroatoms. The van der Waals surface area contributed by atoms with E-state index in [-0.39, 0.29) is 11.9 Å². The first-order valence-corrected chi connectivity index (χ1v) is 9.64. The minimum Gasteiger partial charge on any atom is -0.346 e. The van der Waals surface area contributed by atoms with E-state index in [9.17, 15) is 4.79 Å². The van der Waals surface area contributed by atoms with Crippen molar-refractivity contribution in [3.63, 3.8) is 0 Å². The van der Waals surface area contributed by atoms with Crippen molar-refractivity contribution < 1.29 is 4.79 Å². The number of nitrogens with one attached hydrogen (secondary N) is 1. The molecule has 5 nitrogen and oxygen atoms in total. The number of benzene rings is 1. The summed E-state index contributed by atoms with van der Waals surface area (Å²) in [6, 6.07) is 10.2. The van der Waals surface area contributed by atoms with Gasteiger partial charge in [0.05, 0.1) is 17.9 Å². The van der Waals surface area contributed by atoms with Crippen LogP contribution in [-0.2, 0) is 11.2 Å². The molecule has 4 rings (SSSR count). The van der Waals surface area contributed by atoms with Gasteiger partial charge in [-0.3, -0.25) is 9.78 Å². The minimum atomic E-state index is -0.0964. The molecule has 28 heavy (non-hydrogen) atoms. The molecule has 0 radical (unpaired) electrons. The topological polar surface area (TPSA) is 59.8 Å². The van der Waals surface area contributed by atoms with Crippen LogP contribution < -0.4 is 5.32 Å². The van der Waals surface area contributed by atoms with Gasteiger partial charge in [0.15, 0.2) is 0 Å². The average Bonchev–Trinajstić information content (AvgIpc) is 3.12. The summed E-state index contributed by atoms with van der Waals surface area (Å²) in [5.41, 5.74) is 6.75. The molecule has 0 fully saturated rings. The maximum atomic E-state index is 12.4. The standard InChI is InChI=1S/C23H24N4O/c1-16-11-17(2)13-19(12-16)27-22-7-3-6-21(20(22)15-25-27)26-23(28)9-8-18-5-4-10-24-14-18/h4-5,8-15,21H,3,6-7H2,1-2H3,(H,26,28)/b9-8+. The van der Waals surface area contributed by atoms with Gasteiger partial charge >= 0.3 is 0 Å². The number of carbonyl (C=O) groups excluding carboxylic acids is 1. The van der Waals surface area contributed by atoms with E-state index in [0.717, 1.165) is 36.1 Å². The van der Waals surface area contributed by atoms with Crippen LogP contribution in [0.25, 0.3) is 11.8 Å². The Hall–Kier alpha value is -3.21. The number of nitrogens with zero attached hydrogens (tertiary/aromatic N) is 3. The first kappa shape index (κ1) is 18.2. The monoisotopic (exact) mass is 372 g/mol. The largest absolute Gasteiger partial charge is 0.346 e. The van der Waals surface area contributed by atoms with E-state index in [0.29, 0.717) is 0 Å². The van der Waals surface area contributed by atoms with Gasteiger partial charge in [0, 0.05) is 29.7 Å². The number of hydrogen-bond donors (Lipinski definition) is 1. The summed E-state index contributed by atoms with van der Waals surface area (Å²) in [4.78, 5) is 16.5. The highest BCUT2D eigenvalue weighted by atomic mass is 16.1. The Morgan fingerprint density at radius 2 is 2.04 bits per heavy atom. The number of aromatic nitrogens is 3. The Kier molecular flexibility index (Phi) is 5.06. The van der Waals surface area contributed by atoms with Crippen molar-refractivity contribution in [3.8, 4) is 5.69 Å². The van der Waals surface area contributed by atoms with Crippen LogP contribution in [0.1, 0.15) is 46.8 Å². The summed E-state index contributed by atoms with van der Waals surface area (Å²) in [6.45, 7) is 4.20. The highest BCUT2D eigenvalue weighted by Crippen LogP contribution is 2.31. The second-order valence-corrected chi connectivity index (χ2v) is 7.38. The fraction of sp³-hybridized carbons (Fsp3) is 0.261. The molecule has 1 aliphatic carbocycles. The fourth-order valence-electron chi connectivity index (χ4n) is 3.87. The van der Waals surface area contributed by atoms with E-state index in [4.69, 9.17) is 0 Å². The summed E-state index contributed by atoms with van der Waals surface area (Å²) in [7, 11) is 0. The molecule has 0 saturated carbocycles. The number of amides is 1. The molecular formula is C23H24N4O. The van der Waals surface area contributed by atoms with Crippen molar-refractivity contribution in [3.05, 3.63) is 82.9 Å². The van der Waals surface area contributed by atoms with Gasteiger partial charge in [0.25, 0.3) is 0 Å². The quantitative estimate of drug-likeness (QED) is 0.702. The summed E-state index contributed by atoms with van der Waals surface area (Å²) >= 11 is 0. The Labute approximate surface area is 165 Å². The molecule has 1 atom stereocenters. The molecule has 0 saturated heterocycles. The van der Waals surface area contributed by atoms with Gasteiger partial charge in [-0.15, -0.1) is 0 Å². The number of fused-ring (bicyclic) bond motifs is 1. The molecule has 1 unspecified atom stereocenters. The maximum absolute atomic E-state index is 12.4. The smallest absolute Gasteiger partial charge is 0.244 e. The van der Waals surface area contributed by atoms with Gasteiger partial charge in [-0.05, 0) is 74.1 Å². The van der Waals surface area contributed by atoms with Gasteiger partial charge in [0.2, 0.25) is 5.91 Å². The fourth-order valence-corrected chi connectivity index (χ4v) is 3.87. The van der Waals surface area contributed by atoms with Crippen LogP contribution >= 0.6 is 0 Å². The Bertz CT molecular complexity index is 1000. The van der Waals surface area contributed by atoms with Gasteiger partial charge in [-0.25, -0.2) is 4.68 Å². The zero-order chi connectivity index (χ0) is 19.5. The second kappa shape index (κ2) is 7.80. The minimum absolute atomic E-state index is 0.00513. The molecule has 1 aliphatic rings. The van der Waals surface area contributed by atoms with Crippen molar-refractivity contribution >= 4 is 12.0 Å². The van der Waals surface area contributed by atoms with E-state index in [1.54, 1.807) is 24.5 Å². The number of aryl methyl sites for hydroxylation is 2. The van der Waals surface area contributed by atoms with Crippen LogP contribution in [0.5, 0.6) is 0 Å². The number of pyridine rings is 1. The molecule has 0 bridgehead atoms. The molecule has 0 aliphatic heterocycles. The molecule has 2 heterocycles. The lowest BCUT2D eigenvalue weighted by Crippen LogP contribution is -2.29. The average molecular weight is 372 g/mol. The molecule has 142 valence electrons. The van der Waals surface area contributed by atoms with Crippen LogP contribution in [0.3, 0.4) is 0 Å². The van der Waals surface area contributed by atoms with Crippen molar-refractivity contribution in [1.29, 1.82) is 0 Å². The molecular weight excluding hydrogens is 348 g/mol. The molecule has 2 aromatic heterocycles. The summed E-state index contributed by atoms with van der Waals surface area (Å²) in [5, 5.41) is 7.77. The van der Waals surface area contributed by atoms with Crippen molar-refractivity contribution in [2.75, 3.05) is 0 Å². The Morgan fingerprint density at radius 3 is 2.79 bits per heavy atom. The van der Waals surface area contributed by atoms with Crippen LogP contribution in [0.15, 0.2) is 55.0 Å². The second-order valence-electron chi connectivity index (χ2n) is 7.38. The molecule has 3 aromatic rings. The van der Waals surface area contributed by atoms with Gasteiger partial charge in [-0.1, -0.05) is 12.1 Å². The lowest BCUT2D eigenvalue weighted by Gasteiger charge is -2.24. The summed E-state index contributed by atoms with van der Waals surface area (Å²) in [6.07, 6.45) is 11.6. The van der Waals surface area contributed by atoms with E-state index in [2.05, 4.69) is 47.4 Å². The molecule has 1 aromatic carbocycles. The molecule has 1 amide bonds. The lowest BCUT2D eigenvalue weighted by atomic mass is 9.92. The van der Waals surface area contributed by atoms with Crippen molar-refractivity contribution in [2.24, 2.45) is 0 Å². The third-order valence-electron chi connectivity index (χ3n) is 5.06. The maximum Gasteiger partial charge on any atom is 0.244 e. The number of hydrogen-bond acceptors (Lipinski definition) is 3. The predicted octanol–water partition coefficient (Wildman–Crippen LogP) is 4.09. The summed E-state index contributed by atoms with van der Waals surface area (Å²) < 4.78 is 2.03. The first-order valence-electron chi connectivity index (χ1n) is 9.64. The van der Waals surface area contributed by atoms with Gasteiger partial charge in [0.1, 0.15) is 0 Å². The Morgan fingerprint density at radius 1 is 1.21 bits per heavy atom. The third kappa shape index (κ3) is 3.88. The Balaban J connectivity index is 1.54. The van der Waals surface area contributed by atoms with Crippen molar-refractivity contribution in [2.45, 2.75) is 39.2 Å². The van der Waals surface area contributed by atoms with Gasteiger partial charge < -0.3 is 5.32 Å². The van der Waals surface area contributed by atoms with Crippen LogP contribution in [-0.4, -0.2) is 20.7 Å².